The summed E-state index contributed by atoms with van der Waals surface area (Å²) in [5.41, 5.74) is 3.14. The summed E-state index contributed by atoms with van der Waals surface area (Å²) < 4.78 is 25.0. The second kappa shape index (κ2) is 9.35. The third-order valence-corrected chi connectivity index (χ3v) is 5.54. The second-order valence-corrected chi connectivity index (χ2v) is 8.02. The van der Waals surface area contributed by atoms with Gasteiger partial charge in [-0.15, -0.1) is 0 Å². The molecule has 0 atom stereocenters. The largest absolute Gasteiger partial charge is 0.485 e. The topological polar surface area (TPSA) is 45.9 Å². The first-order valence-electron chi connectivity index (χ1n) is 10.5. The van der Waals surface area contributed by atoms with Gasteiger partial charge in [0.1, 0.15) is 23.9 Å². The molecule has 0 saturated carbocycles. The zero-order chi connectivity index (χ0) is 21.8. The van der Waals surface area contributed by atoms with Gasteiger partial charge in [-0.25, -0.2) is 4.39 Å². The fraction of sp³-hybridized carbons (Fsp3) is 0.320. The molecule has 1 aliphatic rings. The van der Waals surface area contributed by atoms with Crippen LogP contribution in [0.5, 0.6) is 5.75 Å². The van der Waals surface area contributed by atoms with Gasteiger partial charge in [0.25, 0.3) is 5.91 Å². The van der Waals surface area contributed by atoms with Gasteiger partial charge in [-0.3, -0.25) is 9.69 Å². The van der Waals surface area contributed by atoms with E-state index in [1.54, 1.807) is 29.2 Å². The molecule has 2 aromatic carbocycles. The molecule has 4 rings (SSSR count). The fourth-order valence-electron chi connectivity index (χ4n) is 3.74. The van der Waals surface area contributed by atoms with E-state index in [1.807, 2.05) is 38.1 Å². The molecule has 5 nitrogen and oxygen atoms in total. The number of rotatable bonds is 6. The monoisotopic (exact) mass is 422 g/mol. The summed E-state index contributed by atoms with van der Waals surface area (Å²) in [4.78, 5) is 16.8. The highest BCUT2D eigenvalue weighted by Gasteiger charge is 2.24. The van der Waals surface area contributed by atoms with E-state index in [0.29, 0.717) is 31.2 Å². The molecule has 0 spiro atoms. The van der Waals surface area contributed by atoms with Crippen LogP contribution in [0.1, 0.15) is 33.0 Å². The van der Waals surface area contributed by atoms with E-state index in [9.17, 15) is 9.18 Å². The number of furan rings is 1. The molecule has 162 valence electrons. The highest BCUT2D eigenvalue weighted by Crippen LogP contribution is 2.21. The predicted molar refractivity (Wildman–Crippen MR) is 117 cm³/mol. The van der Waals surface area contributed by atoms with Crippen LogP contribution in [0.4, 0.5) is 4.39 Å². The maximum atomic E-state index is 13.4. The molecule has 31 heavy (non-hydrogen) atoms. The molecule has 0 unspecified atom stereocenters. The first-order valence-corrected chi connectivity index (χ1v) is 10.5. The van der Waals surface area contributed by atoms with Crippen LogP contribution in [0.25, 0.3) is 0 Å². The number of ether oxygens (including phenoxy) is 1. The number of carbonyl (C=O) groups excluding carboxylic acids is 1. The molecule has 0 N–H and O–H groups in total. The molecule has 0 bridgehead atoms. The Morgan fingerprint density at radius 2 is 1.84 bits per heavy atom. The minimum Gasteiger partial charge on any atom is -0.485 e. The summed E-state index contributed by atoms with van der Waals surface area (Å²) in [6.07, 6.45) is 0. The number of halogens is 1. The lowest BCUT2D eigenvalue weighted by Gasteiger charge is -2.34. The van der Waals surface area contributed by atoms with Crippen molar-refractivity contribution in [2.45, 2.75) is 27.0 Å². The maximum Gasteiger partial charge on any atom is 0.289 e. The van der Waals surface area contributed by atoms with Crippen molar-refractivity contribution >= 4 is 5.91 Å². The van der Waals surface area contributed by atoms with Crippen LogP contribution in [-0.2, 0) is 13.2 Å². The zero-order valence-electron chi connectivity index (χ0n) is 17.9. The number of hydrogen-bond acceptors (Lipinski definition) is 4. The Kier molecular flexibility index (Phi) is 6.37. The van der Waals surface area contributed by atoms with E-state index >= 15 is 0 Å². The number of hydrogen-bond donors (Lipinski definition) is 0. The fourth-order valence-corrected chi connectivity index (χ4v) is 3.74. The Balaban J connectivity index is 1.29. The van der Waals surface area contributed by atoms with E-state index in [1.165, 1.54) is 6.07 Å². The minimum absolute atomic E-state index is 0.108. The smallest absolute Gasteiger partial charge is 0.289 e. The molecule has 6 heteroatoms. The van der Waals surface area contributed by atoms with Gasteiger partial charge in [-0.05, 0) is 60.9 Å². The molecule has 1 amide bonds. The standard InChI is InChI=1S/C25H27FN2O3/c1-18-6-7-19(2)24(14-18)30-17-22-8-9-23(31-22)25(29)28-12-10-27(11-13-28)16-20-4-3-5-21(26)15-20/h3-9,14-15H,10-13,16-17H2,1-2H3. The molecular formula is C25H27FN2O3. The summed E-state index contributed by atoms with van der Waals surface area (Å²) in [6.45, 7) is 7.69. The summed E-state index contributed by atoms with van der Waals surface area (Å²) in [5.74, 6) is 1.44. The van der Waals surface area contributed by atoms with E-state index in [0.717, 1.165) is 35.5 Å². The molecule has 1 aromatic heterocycles. The van der Waals surface area contributed by atoms with Crippen LogP contribution in [0.3, 0.4) is 0 Å². The molecule has 0 aliphatic carbocycles. The van der Waals surface area contributed by atoms with E-state index in [2.05, 4.69) is 4.90 Å². The molecule has 1 aliphatic heterocycles. The number of amides is 1. The highest BCUT2D eigenvalue weighted by atomic mass is 19.1. The molecular weight excluding hydrogens is 395 g/mol. The van der Waals surface area contributed by atoms with Gasteiger partial charge in [-0.2, -0.15) is 0 Å². The Hall–Kier alpha value is -3.12. The summed E-state index contributed by atoms with van der Waals surface area (Å²) in [7, 11) is 0. The van der Waals surface area contributed by atoms with Gasteiger partial charge >= 0.3 is 0 Å². The van der Waals surface area contributed by atoms with Crippen molar-refractivity contribution in [3.8, 4) is 5.75 Å². The zero-order valence-corrected chi connectivity index (χ0v) is 17.9. The molecule has 1 fully saturated rings. The van der Waals surface area contributed by atoms with Gasteiger partial charge in [-0.1, -0.05) is 24.3 Å². The van der Waals surface area contributed by atoms with Crippen LogP contribution in [-0.4, -0.2) is 41.9 Å². The Morgan fingerprint density at radius 1 is 1.03 bits per heavy atom. The van der Waals surface area contributed by atoms with Gasteiger partial charge in [0.2, 0.25) is 0 Å². The average molecular weight is 423 g/mol. The number of piperazine rings is 1. The van der Waals surface area contributed by atoms with Gasteiger partial charge < -0.3 is 14.1 Å². The van der Waals surface area contributed by atoms with Crippen LogP contribution in [0.2, 0.25) is 0 Å². The Morgan fingerprint density at radius 3 is 2.61 bits per heavy atom. The summed E-state index contributed by atoms with van der Waals surface area (Å²) in [6, 6.07) is 16.2. The first kappa shape index (κ1) is 21.1. The van der Waals surface area contributed by atoms with E-state index in [4.69, 9.17) is 9.15 Å². The average Bonchev–Trinajstić information content (AvgIpc) is 3.23. The lowest BCUT2D eigenvalue weighted by Crippen LogP contribution is -2.48. The lowest BCUT2D eigenvalue weighted by molar-refractivity contribution is 0.0594. The number of benzene rings is 2. The van der Waals surface area contributed by atoms with Gasteiger partial charge in [0.05, 0.1) is 0 Å². The van der Waals surface area contributed by atoms with Gasteiger partial charge in [0, 0.05) is 32.7 Å². The maximum absolute atomic E-state index is 13.4. The minimum atomic E-state index is -0.221. The van der Waals surface area contributed by atoms with Crippen molar-refractivity contribution in [3.05, 3.63) is 88.6 Å². The SMILES string of the molecule is Cc1ccc(C)c(OCc2ccc(C(=O)N3CCN(Cc4cccc(F)c4)CC3)o2)c1. The number of aryl methyl sites for hydroxylation is 2. The van der Waals surface area contributed by atoms with Crippen molar-refractivity contribution in [2.75, 3.05) is 26.2 Å². The molecule has 1 saturated heterocycles. The summed E-state index contributed by atoms with van der Waals surface area (Å²) >= 11 is 0. The third-order valence-electron chi connectivity index (χ3n) is 5.54. The van der Waals surface area contributed by atoms with Crippen molar-refractivity contribution in [1.29, 1.82) is 0 Å². The molecule has 3 aromatic rings. The quantitative estimate of drug-likeness (QED) is 0.584. The highest BCUT2D eigenvalue weighted by molar-refractivity contribution is 5.91. The van der Waals surface area contributed by atoms with Crippen molar-refractivity contribution < 1.29 is 18.3 Å². The van der Waals surface area contributed by atoms with Gasteiger partial charge in [0.15, 0.2) is 5.76 Å². The van der Waals surface area contributed by atoms with Crippen LogP contribution >= 0.6 is 0 Å². The Labute approximate surface area is 182 Å². The molecule has 2 heterocycles. The number of carbonyl (C=O) groups is 1. The second-order valence-electron chi connectivity index (χ2n) is 8.02. The Bertz CT molecular complexity index is 1050. The van der Waals surface area contributed by atoms with E-state index in [-0.39, 0.29) is 18.3 Å². The molecule has 0 radical (unpaired) electrons. The third kappa shape index (κ3) is 5.33. The predicted octanol–water partition coefficient (Wildman–Crippen LogP) is 4.57. The lowest BCUT2D eigenvalue weighted by atomic mass is 10.1. The van der Waals surface area contributed by atoms with E-state index < -0.39 is 0 Å². The van der Waals surface area contributed by atoms with Crippen molar-refractivity contribution in [3.63, 3.8) is 0 Å². The van der Waals surface area contributed by atoms with Crippen LogP contribution in [0.15, 0.2) is 59.0 Å². The van der Waals surface area contributed by atoms with Crippen molar-refractivity contribution in [2.24, 2.45) is 0 Å². The normalized spacial score (nSPS) is 14.6. The van der Waals surface area contributed by atoms with Crippen molar-refractivity contribution in [1.82, 2.24) is 9.80 Å². The number of nitrogens with zero attached hydrogens (tertiary/aromatic N) is 2. The van der Waals surface area contributed by atoms with Crippen LogP contribution in [0, 0.1) is 19.7 Å². The first-order chi connectivity index (χ1) is 15.0. The van der Waals surface area contributed by atoms with Crippen LogP contribution < -0.4 is 4.74 Å². The summed E-state index contributed by atoms with van der Waals surface area (Å²) in [5, 5.41) is 0.